The summed E-state index contributed by atoms with van der Waals surface area (Å²) in [6.07, 6.45) is 1.96. The minimum atomic E-state index is 0.543. The molecule has 0 saturated carbocycles. The molecular weight excluding hydrogens is 212 g/mol. The van der Waals surface area contributed by atoms with E-state index in [9.17, 15) is 0 Å². The van der Waals surface area contributed by atoms with E-state index in [0.717, 1.165) is 36.4 Å². The summed E-state index contributed by atoms with van der Waals surface area (Å²) in [6.45, 7) is 7.39. The number of benzene rings is 1. The number of rotatable bonds is 5. The van der Waals surface area contributed by atoms with Gasteiger partial charge in [-0.1, -0.05) is 19.9 Å². The maximum atomic E-state index is 5.69. The third-order valence-electron chi connectivity index (χ3n) is 2.71. The first-order valence-electron chi connectivity index (χ1n) is 6.24. The van der Waals surface area contributed by atoms with Crippen molar-refractivity contribution in [3.05, 3.63) is 29.7 Å². The SMILES string of the molecule is Cc1ccc2oc(CCCNC(C)C)nc2c1. The Bertz CT molecular complexity index is 488. The summed E-state index contributed by atoms with van der Waals surface area (Å²) in [4.78, 5) is 4.50. The number of fused-ring (bicyclic) bond motifs is 1. The summed E-state index contributed by atoms with van der Waals surface area (Å²) in [5.74, 6) is 0.844. The molecule has 0 aliphatic carbocycles. The zero-order chi connectivity index (χ0) is 12.3. The van der Waals surface area contributed by atoms with Gasteiger partial charge in [-0.25, -0.2) is 4.98 Å². The smallest absolute Gasteiger partial charge is 0.195 e. The van der Waals surface area contributed by atoms with Crippen molar-refractivity contribution >= 4 is 11.1 Å². The van der Waals surface area contributed by atoms with Gasteiger partial charge in [0.2, 0.25) is 0 Å². The van der Waals surface area contributed by atoms with E-state index in [4.69, 9.17) is 4.42 Å². The number of nitrogens with zero attached hydrogens (tertiary/aromatic N) is 1. The van der Waals surface area contributed by atoms with Crippen LogP contribution >= 0.6 is 0 Å². The van der Waals surface area contributed by atoms with Gasteiger partial charge in [-0.2, -0.15) is 0 Å². The first-order valence-corrected chi connectivity index (χ1v) is 6.24. The molecule has 92 valence electrons. The molecule has 3 nitrogen and oxygen atoms in total. The summed E-state index contributed by atoms with van der Waals surface area (Å²) in [6, 6.07) is 6.65. The lowest BCUT2D eigenvalue weighted by molar-refractivity contribution is 0.500. The summed E-state index contributed by atoms with van der Waals surface area (Å²) in [5.41, 5.74) is 3.08. The van der Waals surface area contributed by atoms with E-state index >= 15 is 0 Å². The molecule has 2 aromatic rings. The second-order valence-corrected chi connectivity index (χ2v) is 4.79. The third kappa shape index (κ3) is 3.30. The first-order chi connectivity index (χ1) is 8.15. The number of nitrogens with one attached hydrogen (secondary N) is 1. The average Bonchev–Trinajstić information content (AvgIpc) is 2.66. The molecule has 1 aromatic heterocycles. The summed E-state index contributed by atoms with van der Waals surface area (Å²) < 4.78 is 5.69. The second kappa shape index (κ2) is 5.32. The van der Waals surface area contributed by atoms with Crippen molar-refractivity contribution in [2.24, 2.45) is 0 Å². The molecule has 2 rings (SSSR count). The second-order valence-electron chi connectivity index (χ2n) is 4.79. The number of oxazole rings is 1. The van der Waals surface area contributed by atoms with Gasteiger partial charge in [0.15, 0.2) is 11.5 Å². The Morgan fingerprint density at radius 2 is 2.18 bits per heavy atom. The van der Waals surface area contributed by atoms with Crippen LogP contribution in [0, 0.1) is 6.92 Å². The van der Waals surface area contributed by atoms with Gasteiger partial charge < -0.3 is 9.73 Å². The monoisotopic (exact) mass is 232 g/mol. The van der Waals surface area contributed by atoms with Crippen LogP contribution in [0.2, 0.25) is 0 Å². The van der Waals surface area contributed by atoms with Crippen LogP contribution in [0.15, 0.2) is 22.6 Å². The largest absolute Gasteiger partial charge is 0.441 e. The van der Waals surface area contributed by atoms with Crippen molar-refractivity contribution in [1.29, 1.82) is 0 Å². The Morgan fingerprint density at radius 3 is 2.94 bits per heavy atom. The van der Waals surface area contributed by atoms with Crippen molar-refractivity contribution in [1.82, 2.24) is 10.3 Å². The molecule has 1 N–H and O–H groups in total. The maximum Gasteiger partial charge on any atom is 0.195 e. The topological polar surface area (TPSA) is 38.1 Å². The van der Waals surface area contributed by atoms with Crippen molar-refractivity contribution in [3.63, 3.8) is 0 Å². The Hall–Kier alpha value is -1.35. The fraction of sp³-hybridized carbons (Fsp3) is 0.500. The van der Waals surface area contributed by atoms with Crippen molar-refractivity contribution in [2.45, 2.75) is 39.7 Å². The van der Waals surface area contributed by atoms with Gasteiger partial charge in [0.1, 0.15) is 5.52 Å². The van der Waals surface area contributed by atoms with Crippen LogP contribution in [0.1, 0.15) is 31.7 Å². The quantitative estimate of drug-likeness (QED) is 0.805. The van der Waals surface area contributed by atoms with Crippen LogP contribution in [0.5, 0.6) is 0 Å². The predicted molar refractivity (Wildman–Crippen MR) is 70.2 cm³/mol. The van der Waals surface area contributed by atoms with Crippen LogP contribution in [0.3, 0.4) is 0 Å². The summed E-state index contributed by atoms with van der Waals surface area (Å²) >= 11 is 0. The van der Waals surface area contributed by atoms with Crippen molar-refractivity contribution < 1.29 is 4.42 Å². The Morgan fingerprint density at radius 1 is 1.35 bits per heavy atom. The lowest BCUT2D eigenvalue weighted by Gasteiger charge is -2.05. The standard InChI is InChI=1S/C14H20N2O/c1-10(2)15-8-4-5-14-16-12-9-11(3)6-7-13(12)17-14/h6-7,9-10,15H,4-5,8H2,1-3H3. The third-order valence-corrected chi connectivity index (χ3v) is 2.71. The van der Waals surface area contributed by atoms with Crippen LogP contribution < -0.4 is 5.32 Å². The van der Waals surface area contributed by atoms with E-state index in [-0.39, 0.29) is 0 Å². The van der Waals surface area contributed by atoms with Gasteiger partial charge in [-0.15, -0.1) is 0 Å². The minimum absolute atomic E-state index is 0.543. The van der Waals surface area contributed by atoms with E-state index in [1.165, 1.54) is 5.56 Å². The highest BCUT2D eigenvalue weighted by Crippen LogP contribution is 2.17. The maximum absolute atomic E-state index is 5.69. The molecule has 0 aliphatic heterocycles. The van der Waals surface area contributed by atoms with Crippen molar-refractivity contribution in [2.75, 3.05) is 6.54 Å². The molecule has 1 heterocycles. The molecule has 0 radical (unpaired) electrons. The minimum Gasteiger partial charge on any atom is -0.441 e. The predicted octanol–water partition coefficient (Wildman–Crippen LogP) is 3.07. The van der Waals surface area contributed by atoms with E-state index in [1.807, 2.05) is 6.07 Å². The highest BCUT2D eigenvalue weighted by atomic mass is 16.3. The molecule has 0 saturated heterocycles. The fourth-order valence-electron chi connectivity index (χ4n) is 1.82. The van der Waals surface area contributed by atoms with Crippen LogP contribution in [-0.4, -0.2) is 17.6 Å². The van der Waals surface area contributed by atoms with Gasteiger partial charge >= 0.3 is 0 Å². The normalized spacial score (nSPS) is 11.5. The van der Waals surface area contributed by atoms with Gasteiger partial charge in [-0.05, 0) is 37.6 Å². The molecule has 0 aliphatic rings. The highest BCUT2D eigenvalue weighted by Gasteiger charge is 2.05. The first kappa shape index (κ1) is 12.1. The van der Waals surface area contributed by atoms with Crippen LogP contribution in [-0.2, 0) is 6.42 Å². The summed E-state index contributed by atoms with van der Waals surface area (Å²) in [7, 11) is 0. The van der Waals surface area contributed by atoms with E-state index < -0.39 is 0 Å². The molecule has 0 atom stereocenters. The van der Waals surface area contributed by atoms with Crippen LogP contribution in [0.25, 0.3) is 11.1 Å². The molecule has 0 unspecified atom stereocenters. The zero-order valence-electron chi connectivity index (χ0n) is 10.8. The fourth-order valence-corrected chi connectivity index (χ4v) is 1.82. The lowest BCUT2D eigenvalue weighted by atomic mass is 10.2. The van der Waals surface area contributed by atoms with Gasteiger partial charge in [0, 0.05) is 12.5 Å². The molecular formula is C14H20N2O. The lowest BCUT2D eigenvalue weighted by Crippen LogP contribution is -2.23. The summed E-state index contributed by atoms with van der Waals surface area (Å²) in [5, 5.41) is 3.39. The zero-order valence-corrected chi connectivity index (χ0v) is 10.8. The average molecular weight is 232 g/mol. The molecule has 0 bridgehead atoms. The van der Waals surface area contributed by atoms with Gasteiger partial charge in [0.05, 0.1) is 0 Å². The van der Waals surface area contributed by atoms with Crippen molar-refractivity contribution in [3.8, 4) is 0 Å². The van der Waals surface area contributed by atoms with E-state index in [2.05, 4.69) is 43.2 Å². The van der Waals surface area contributed by atoms with Crippen LogP contribution in [0.4, 0.5) is 0 Å². The number of hydrogen-bond donors (Lipinski definition) is 1. The van der Waals surface area contributed by atoms with Gasteiger partial charge in [-0.3, -0.25) is 0 Å². The van der Waals surface area contributed by atoms with E-state index in [0.29, 0.717) is 6.04 Å². The number of aryl methyl sites for hydroxylation is 2. The molecule has 0 fully saturated rings. The van der Waals surface area contributed by atoms with Gasteiger partial charge in [0.25, 0.3) is 0 Å². The Kier molecular flexibility index (Phi) is 3.79. The van der Waals surface area contributed by atoms with E-state index in [1.54, 1.807) is 0 Å². The molecule has 0 spiro atoms. The highest BCUT2D eigenvalue weighted by molar-refractivity contribution is 5.73. The Balaban J connectivity index is 1.95. The Labute approximate surface area is 102 Å². The molecule has 1 aromatic carbocycles. The number of hydrogen-bond acceptors (Lipinski definition) is 3. The molecule has 3 heteroatoms. The number of aromatic nitrogens is 1. The molecule has 17 heavy (non-hydrogen) atoms. The molecule has 0 amide bonds.